The molecule has 0 bridgehead atoms. The van der Waals surface area contributed by atoms with Gasteiger partial charge in [0.2, 0.25) is 0 Å². The maximum atomic E-state index is 5.85. The largest absolute Gasteiger partial charge is 0.497 e. The predicted molar refractivity (Wildman–Crippen MR) is 121 cm³/mol. The molecule has 0 fully saturated rings. The Bertz CT molecular complexity index is 1400. The van der Waals surface area contributed by atoms with Gasteiger partial charge in [0.15, 0.2) is 17.1 Å². The van der Waals surface area contributed by atoms with Crippen LogP contribution in [0.5, 0.6) is 17.2 Å². The molecule has 8 nitrogen and oxygen atoms in total. The van der Waals surface area contributed by atoms with Crippen LogP contribution in [-0.2, 0) is 6.61 Å². The summed E-state index contributed by atoms with van der Waals surface area (Å²) in [5.74, 6) is 2.91. The van der Waals surface area contributed by atoms with E-state index < -0.39 is 0 Å². The minimum absolute atomic E-state index is 0.257. The van der Waals surface area contributed by atoms with Crippen molar-refractivity contribution in [2.45, 2.75) is 20.5 Å². The molecule has 0 N–H and O–H groups in total. The van der Waals surface area contributed by atoms with Gasteiger partial charge in [-0.25, -0.2) is 14.5 Å². The molecular weight excluding hydrogens is 406 g/mol. The van der Waals surface area contributed by atoms with Gasteiger partial charge in [-0.15, -0.1) is 5.10 Å². The predicted octanol–water partition coefficient (Wildman–Crippen LogP) is 4.28. The summed E-state index contributed by atoms with van der Waals surface area (Å²) in [6.07, 6.45) is 1.69. The first kappa shape index (κ1) is 19.9. The lowest BCUT2D eigenvalue weighted by Gasteiger charge is -2.08. The quantitative estimate of drug-likeness (QED) is 0.401. The number of fused-ring (bicyclic) bond motifs is 3. The molecule has 32 heavy (non-hydrogen) atoms. The zero-order valence-electron chi connectivity index (χ0n) is 18.4. The summed E-state index contributed by atoms with van der Waals surface area (Å²) in [6, 6.07) is 15.4. The van der Waals surface area contributed by atoms with Crippen molar-refractivity contribution in [3.05, 3.63) is 71.9 Å². The smallest absolute Gasteiger partial charge is 0.189 e. The van der Waals surface area contributed by atoms with Crippen LogP contribution in [0.25, 0.3) is 22.4 Å². The molecule has 0 radical (unpaired) electrons. The number of nitrogens with zero attached hydrogens (tertiary/aromatic N) is 5. The van der Waals surface area contributed by atoms with Crippen molar-refractivity contribution < 1.29 is 14.2 Å². The fourth-order valence-electron chi connectivity index (χ4n) is 3.83. The van der Waals surface area contributed by atoms with Crippen LogP contribution in [0, 0.1) is 13.8 Å². The Kier molecular flexibility index (Phi) is 4.89. The maximum absolute atomic E-state index is 5.85. The minimum Gasteiger partial charge on any atom is -0.497 e. The van der Waals surface area contributed by atoms with Crippen LogP contribution < -0.4 is 14.2 Å². The minimum atomic E-state index is 0.257. The van der Waals surface area contributed by atoms with Gasteiger partial charge in [0.25, 0.3) is 0 Å². The molecule has 5 aromatic rings. The van der Waals surface area contributed by atoms with E-state index in [0.717, 1.165) is 50.9 Å². The van der Waals surface area contributed by atoms with E-state index in [-0.39, 0.29) is 6.61 Å². The van der Waals surface area contributed by atoms with E-state index in [9.17, 15) is 0 Å². The molecule has 3 heterocycles. The van der Waals surface area contributed by atoms with Crippen molar-refractivity contribution in [1.82, 2.24) is 24.1 Å². The van der Waals surface area contributed by atoms with Crippen LogP contribution >= 0.6 is 0 Å². The molecule has 3 aromatic heterocycles. The van der Waals surface area contributed by atoms with Crippen molar-refractivity contribution in [1.29, 1.82) is 0 Å². The van der Waals surface area contributed by atoms with Gasteiger partial charge in [-0.05, 0) is 67.9 Å². The first-order valence-corrected chi connectivity index (χ1v) is 10.2. The summed E-state index contributed by atoms with van der Waals surface area (Å²) < 4.78 is 20.2. The summed E-state index contributed by atoms with van der Waals surface area (Å²) in [4.78, 5) is 9.45. The molecule has 0 unspecified atom stereocenters. The van der Waals surface area contributed by atoms with E-state index in [1.54, 1.807) is 25.1 Å². The standard InChI is InChI=1S/C24H23N5O3/c1-15-16(2)29(17-5-7-18(30-3)8-6-17)23-22(15)24-26-21(27-28(24)14-25-23)13-32-20-11-9-19(31-4)10-12-20/h5-12,14H,13H2,1-4H3. The van der Waals surface area contributed by atoms with Gasteiger partial charge in [0, 0.05) is 11.4 Å². The lowest BCUT2D eigenvalue weighted by molar-refractivity contribution is 0.295. The summed E-state index contributed by atoms with van der Waals surface area (Å²) in [5, 5.41) is 5.53. The normalized spacial score (nSPS) is 11.2. The summed E-state index contributed by atoms with van der Waals surface area (Å²) in [5.41, 5.74) is 4.83. The number of ether oxygens (including phenoxy) is 3. The van der Waals surface area contributed by atoms with Gasteiger partial charge in [-0.3, -0.25) is 4.57 Å². The third kappa shape index (κ3) is 3.30. The van der Waals surface area contributed by atoms with Gasteiger partial charge in [0.05, 0.1) is 19.6 Å². The van der Waals surface area contributed by atoms with E-state index in [1.165, 1.54) is 0 Å². The molecule has 8 heteroatoms. The van der Waals surface area contributed by atoms with Crippen molar-refractivity contribution in [3.63, 3.8) is 0 Å². The fourth-order valence-corrected chi connectivity index (χ4v) is 3.83. The molecule has 2 aromatic carbocycles. The lowest BCUT2D eigenvalue weighted by Crippen LogP contribution is -1.99. The third-order valence-corrected chi connectivity index (χ3v) is 5.63. The highest BCUT2D eigenvalue weighted by Gasteiger charge is 2.19. The SMILES string of the molecule is COc1ccc(OCc2nc3c4c(C)c(C)n(-c5ccc(OC)cc5)c4ncn3n2)cc1. The zero-order valence-corrected chi connectivity index (χ0v) is 18.4. The summed E-state index contributed by atoms with van der Waals surface area (Å²) in [6.45, 7) is 4.43. The fraction of sp³-hybridized carbons (Fsp3) is 0.208. The number of benzene rings is 2. The Morgan fingerprint density at radius 3 is 2.09 bits per heavy atom. The van der Waals surface area contributed by atoms with Gasteiger partial charge in [0.1, 0.15) is 30.2 Å². The molecule has 0 aliphatic rings. The van der Waals surface area contributed by atoms with Crippen molar-refractivity contribution in [2.24, 2.45) is 0 Å². The van der Waals surface area contributed by atoms with Crippen LogP contribution in [0.15, 0.2) is 54.9 Å². The molecule has 0 atom stereocenters. The van der Waals surface area contributed by atoms with E-state index in [0.29, 0.717) is 5.82 Å². The van der Waals surface area contributed by atoms with Crippen molar-refractivity contribution in [2.75, 3.05) is 14.2 Å². The topological polar surface area (TPSA) is 75.7 Å². The van der Waals surface area contributed by atoms with Crippen molar-refractivity contribution >= 4 is 16.7 Å². The molecule has 0 aliphatic carbocycles. The van der Waals surface area contributed by atoms with E-state index >= 15 is 0 Å². The second-order valence-corrected chi connectivity index (χ2v) is 7.45. The first-order valence-electron chi connectivity index (χ1n) is 10.2. The molecular formula is C24H23N5O3. The number of hydrogen-bond acceptors (Lipinski definition) is 6. The number of aromatic nitrogens is 5. The summed E-state index contributed by atoms with van der Waals surface area (Å²) >= 11 is 0. The van der Waals surface area contributed by atoms with Crippen LogP contribution in [-0.4, -0.2) is 38.4 Å². The number of aryl methyl sites for hydroxylation is 1. The van der Waals surface area contributed by atoms with Crippen molar-refractivity contribution in [3.8, 4) is 22.9 Å². The van der Waals surface area contributed by atoms with E-state index in [4.69, 9.17) is 24.2 Å². The van der Waals surface area contributed by atoms with Gasteiger partial charge in [-0.2, -0.15) is 0 Å². The van der Waals surface area contributed by atoms with E-state index in [1.807, 2.05) is 48.5 Å². The molecule has 0 spiro atoms. The van der Waals surface area contributed by atoms with Crippen LogP contribution in [0.1, 0.15) is 17.1 Å². The van der Waals surface area contributed by atoms with Gasteiger partial charge >= 0.3 is 0 Å². The van der Waals surface area contributed by atoms with Crippen LogP contribution in [0.3, 0.4) is 0 Å². The average Bonchev–Trinajstić information content (AvgIpc) is 3.36. The monoisotopic (exact) mass is 429 g/mol. The number of rotatable bonds is 6. The molecule has 0 saturated carbocycles. The van der Waals surface area contributed by atoms with E-state index in [2.05, 4.69) is 23.5 Å². The molecule has 162 valence electrons. The second-order valence-electron chi connectivity index (χ2n) is 7.45. The van der Waals surface area contributed by atoms with Gasteiger partial charge in [-0.1, -0.05) is 0 Å². The average molecular weight is 429 g/mol. The number of methoxy groups -OCH3 is 2. The summed E-state index contributed by atoms with van der Waals surface area (Å²) in [7, 11) is 3.30. The molecule has 0 aliphatic heterocycles. The van der Waals surface area contributed by atoms with Crippen LogP contribution in [0.4, 0.5) is 0 Å². The first-order chi connectivity index (χ1) is 15.6. The Balaban J connectivity index is 1.52. The Hall–Kier alpha value is -4.07. The number of hydrogen-bond donors (Lipinski definition) is 0. The highest BCUT2D eigenvalue weighted by atomic mass is 16.5. The Labute approximate surface area is 185 Å². The lowest BCUT2D eigenvalue weighted by atomic mass is 10.2. The highest BCUT2D eigenvalue weighted by Crippen LogP contribution is 2.30. The molecule has 0 amide bonds. The molecule has 5 rings (SSSR count). The Morgan fingerprint density at radius 1 is 0.812 bits per heavy atom. The zero-order chi connectivity index (χ0) is 22.2. The highest BCUT2D eigenvalue weighted by molar-refractivity contribution is 5.94. The third-order valence-electron chi connectivity index (χ3n) is 5.63. The maximum Gasteiger partial charge on any atom is 0.189 e. The molecule has 0 saturated heterocycles. The van der Waals surface area contributed by atoms with Crippen LogP contribution in [0.2, 0.25) is 0 Å². The Morgan fingerprint density at radius 2 is 1.44 bits per heavy atom. The van der Waals surface area contributed by atoms with Gasteiger partial charge < -0.3 is 14.2 Å². The second kappa shape index (κ2) is 7.88.